The highest BCUT2D eigenvalue weighted by Gasteiger charge is 2.31. The van der Waals surface area contributed by atoms with Gasteiger partial charge in [0.25, 0.3) is 5.89 Å². The Morgan fingerprint density at radius 3 is 2.61 bits per heavy atom. The summed E-state index contributed by atoms with van der Waals surface area (Å²) in [4.78, 5) is 24.7. The Morgan fingerprint density at radius 2 is 1.93 bits per heavy atom. The van der Waals surface area contributed by atoms with Gasteiger partial charge in [0.15, 0.2) is 5.82 Å². The lowest BCUT2D eigenvalue weighted by Crippen LogP contribution is -2.48. The molecule has 10 nitrogen and oxygen atoms in total. The molecule has 41 heavy (non-hydrogen) atoms. The van der Waals surface area contributed by atoms with Crippen molar-refractivity contribution < 1.29 is 27.6 Å². The second-order valence-corrected chi connectivity index (χ2v) is 10.5. The molecule has 4 heterocycles. The van der Waals surface area contributed by atoms with Gasteiger partial charge in [-0.2, -0.15) is 4.98 Å². The van der Waals surface area contributed by atoms with Crippen molar-refractivity contribution in [3.05, 3.63) is 59.6 Å². The van der Waals surface area contributed by atoms with Gasteiger partial charge in [0.05, 0.1) is 17.8 Å². The maximum atomic E-state index is 14.3. The Bertz CT molecular complexity index is 1300. The fraction of sp³-hybridized carbons (Fsp3) is 0.500. The lowest BCUT2D eigenvalue weighted by atomic mass is 9.85. The van der Waals surface area contributed by atoms with Crippen molar-refractivity contribution in [2.24, 2.45) is 5.73 Å². The first-order valence-corrected chi connectivity index (χ1v) is 13.6. The van der Waals surface area contributed by atoms with Crippen LogP contribution in [0.2, 0.25) is 0 Å². The van der Waals surface area contributed by atoms with Crippen molar-refractivity contribution in [3.8, 4) is 11.5 Å². The average Bonchev–Trinajstić information content (AvgIpc) is 3.42. The van der Waals surface area contributed by atoms with Gasteiger partial charge in [-0.1, -0.05) is 5.16 Å². The number of halogens is 3. The SMILES string of the molecule is CC(C)OC(=O)N1CCC(OCc2noc(-c3ccc(N4CC[C@H](c5cc(F)ccc5F)[C@H](N)C4)nc3)n2)CC1.Cl. The summed E-state index contributed by atoms with van der Waals surface area (Å²) >= 11 is 0. The first-order valence-electron chi connectivity index (χ1n) is 13.6. The number of nitrogens with zero attached hydrogens (tertiary/aromatic N) is 5. The maximum Gasteiger partial charge on any atom is 0.410 e. The molecule has 0 spiro atoms. The molecule has 2 saturated heterocycles. The highest BCUT2D eigenvalue weighted by molar-refractivity contribution is 5.85. The molecular weight excluding hydrogens is 558 g/mol. The summed E-state index contributed by atoms with van der Waals surface area (Å²) in [6.07, 6.45) is 3.23. The molecule has 2 N–H and O–H groups in total. The number of aromatic nitrogens is 3. The van der Waals surface area contributed by atoms with E-state index in [1.807, 2.05) is 30.9 Å². The number of hydrogen-bond donors (Lipinski definition) is 1. The summed E-state index contributed by atoms with van der Waals surface area (Å²) < 4.78 is 44.6. The van der Waals surface area contributed by atoms with E-state index in [1.165, 1.54) is 6.07 Å². The number of rotatable bonds is 7. The van der Waals surface area contributed by atoms with Crippen LogP contribution in [0, 0.1) is 11.6 Å². The summed E-state index contributed by atoms with van der Waals surface area (Å²) in [5, 5.41) is 4.02. The van der Waals surface area contributed by atoms with Crippen LogP contribution < -0.4 is 10.6 Å². The molecule has 0 saturated carbocycles. The molecule has 3 aromatic rings. The average molecular weight is 593 g/mol. The molecule has 0 unspecified atom stereocenters. The van der Waals surface area contributed by atoms with Crippen LogP contribution in [0.5, 0.6) is 0 Å². The summed E-state index contributed by atoms with van der Waals surface area (Å²) in [5.74, 6) is 0.323. The molecule has 1 aromatic carbocycles. The van der Waals surface area contributed by atoms with E-state index in [1.54, 1.807) is 11.1 Å². The third-order valence-corrected chi connectivity index (χ3v) is 7.29. The first kappa shape index (κ1) is 30.6. The number of anilines is 1. The van der Waals surface area contributed by atoms with Crippen molar-refractivity contribution >= 4 is 24.3 Å². The van der Waals surface area contributed by atoms with E-state index in [9.17, 15) is 13.6 Å². The van der Waals surface area contributed by atoms with Crippen molar-refractivity contribution in [2.75, 3.05) is 31.1 Å². The number of carbonyl (C=O) groups excluding carboxylic acids is 1. The van der Waals surface area contributed by atoms with Crippen LogP contribution in [0.15, 0.2) is 41.1 Å². The Kier molecular flexibility index (Phi) is 10.1. The molecular formula is C28H35ClF2N6O4. The van der Waals surface area contributed by atoms with Crippen molar-refractivity contribution in [2.45, 2.75) is 63.9 Å². The molecule has 2 aromatic heterocycles. The fourth-order valence-corrected chi connectivity index (χ4v) is 5.18. The van der Waals surface area contributed by atoms with Crippen LogP contribution in [0.3, 0.4) is 0 Å². The van der Waals surface area contributed by atoms with Gasteiger partial charge in [-0.15, -0.1) is 12.4 Å². The Balaban J connectivity index is 0.00000387. The van der Waals surface area contributed by atoms with Gasteiger partial charge >= 0.3 is 6.09 Å². The molecule has 0 radical (unpaired) electrons. The smallest absolute Gasteiger partial charge is 0.410 e. The fourth-order valence-electron chi connectivity index (χ4n) is 5.18. The summed E-state index contributed by atoms with van der Waals surface area (Å²) in [6, 6.07) is 6.83. The van der Waals surface area contributed by atoms with E-state index in [0.717, 1.165) is 18.0 Å². The van der Waals surface area contributed by atoms with Crippen LogP contribution in [-0.2, 0) is 16.1 Å². The minimum Gasteiger partial charge on any atom is -0.447 e. The maximum absolute atomic E-state index is 14.3. The van der Waals surface area contributed by atoms with Crippen LogP contribution in [0.1, 0.15) is 50.4 Å². The molecule has 1 amide bonds. The predicted octanol–water partition coefficient (Wildman–Crippen LogP) is 4.68. The van der Waals surface area contributed by atoms with Gasteiger partial charge in [-0.25, -0.2) is 18.6 Å². The minimum absolute atomic E-state index is 0. The second kappa shape index (κ2) is 13.5. The minimum atomic E-state index is -0.467. The third-order valence-electron chi connectivity index (χ3n) is 7.29. The van der Waals surface area contributed by atoms with E-state index in [-0.39, 0.29) is 49.3 Å². The van der Waals surface area contributed by atoms with Gasteiger partial charge in [0.1, 0.15) is 24.1 Å². The van der Waals surface area contributed by atoms with Crippen LogP contribution in [-0.4, -0.2) is 70.5 Å². The first-order chi connectivity index (χ1) is 19.3. The predicted molar refractivity (Wildman–Crippen MR) is 150 cm³/mol. The summed E-state index contributed by atoms with van der Waals surface area (Å²) in [5.41, 5.74) is 7.36. The number of ether oxygens (including phenoxy) is 2. The van der Waals surface area contributed by atoms with E-state index in [0.29, 0.717) is 68.3 Å². The lowest BCUT2D eigenvalue weighted by molar-refractivity contribution is -0.00899. The zero-order valence-corrected chi connectivity index (χ0v) is 23.9. The van der Waals surface area contributed by atoms with Gasteiger partial charge in [0.2, 0.25) is 0 Å². The van der Waals surface area contributed by atoms with Gasteiger partial charge < -0.3 is 29.5 Å². The van der Waals surface area contributed by atoms with Gasteiger partial charge in [-0.05, 0) is 69.0 Å². The normalized spacial score (nSPS) is 19.8. The molecule has 2 aliphatic heterocycles. The molecule has 2 atom stereocenters. The third kappa shape index (κ3) is 7.49. The van der Waals surface area contributed by atoms with E-state index < -0.39 is 11.6 Å². The number of piperidine rings is 2. The summed E-state index contributed by atoms with van der Waals surface area (Å²) in [7, 11) is 0. The standard InChI is InChI=1S/C28H34F2N6O4.ClH/c1-17(2)39-28(37)35-10-7-20(8-11-35)38-16-25-33-27(40-34-25)18-3-6-26(32-14-18)36-12-9-21(24(31)15-36)22-13-19(29)4-5-23(22)30;/h3-6,13-14,17,20-21,24H,7-12,15-16,31H2,1-2H3;1H/t21-,24-;/m1./s1. The van der Waals surface area contributed by atoms with Crippen LogP contribution >= 0.6 is 12.4 Å². The number of amides is 1. The molecule has 222 valence electrons. The molecule has 13 heteroatoms. The number of pyridine rings is 1. The van der Waals surface area contributed by atoms with Crippen LogP contribution in [0.25, 0.3) is 11.5 Å². The number of nitrogens with two attached hydrogens (primary N) is 1. The summed E-state index contributed by atoms with van der Waals surface area (Å²) in [6.45, 7) is 6.10. The zero-order chi connectivity index (χ0) is 28.2. The quantitative estimate of drug-likeness (QED) is 0.417. The molecule has 0 aliphatic carbocycles. The van der Waals surface area contributed by atoms with E-state index in [2.05, 4.69) is 15.1 Å². The highest BCUT2D eigenvalue weighted by Crippen LogP contribution is 2.32. The van der Waals surface area contributed by atoms with E-state index >= 15 is 0 Å². The highest BCUT2D eigenvalue weighted by atomic mass is 35.5. The second-order valence-electron chi connectivity index (χ2n) is 10.5. The number of benzene rings is 1. The monoisotopic (exact) mass is 592 g/mol. The molecule has 2 fully saturated rings. The molecule has 5 rings (SSSR count). The van der Waals surface area contributed by atoms with Gasteiger partial charge in [-0.3, -0.25) is 0 Å². The Hall–Kier alpha value is -3.35. The van der Waals surface area contributed by atoms with Crippen molar-refractivity contribution in [1.29, 1.82) is 0 Å². The largest absolute Gasteiger partial charge is 0.447 e. The molecule has 2 aliphatic rings. The number of hydrogen-bond acceptors (Lipinski definition) is 9. The molecule has 0 bridgehead atoms. The Labute approximate surface area is 243 Å². The van der Waals surface area contributed by atoms with Crippen LogP contribution in [0.4, 0.5) is 19.4 Å². The van der Waals surface area contributed by atoms with Crippen molar-refractivity contribution in [3.63, 3.8) is 0 Å². The topological polar surface area (TPSA) is 120 Å². The zero-order valence-electron chi connectivity index (χ0n) is 23.0. The number of likely N-dealkylation sites (tertiary alicyclic amines) is 1. The van der Waals surface area contributed by atoms with Gasteiger partial charge in [0, 0.05) is 44.3 Å². The van der Waals surface area contributed by atoms with Crippen molar-refractivity contribution in [1.82, 2.24) is 20.0 Å². The number of carbonyl (C=O) groups is 1. The lowest BCUT2D eigenvalue weighted by Gasteiger charge is -2.37. The Morgan fingerprint density at radius 1 is 1.15 bits per heavy atom. The van der Waals surface area contributed by atoms with E-state index in [4.69, 9.17) is 19.7 Å².